The zero-order valence-electron chi connectivity index (χ0n) is 22.8. The molecule has 0 saturated carbocycles. The summed E-state index contributed by atoms with van der Waals surface area (Å²) in [5, 5.41) is 12.8. The summed E-state index contributed by atoms with van der Waals surface area (Å²) in [7, 11) is 0. The maximum Gasteiger partial charge on any atom is 0.309 e. The third-order valence-electron chi connectivity index (χ3n) is 7.10. The quantitative estimate of drug-likeness (QED) is 0.283. The number of aliphatic hydroxyl groups is 1. The summed E-state index contributed by atoms with van der Waals surface area (Å²) in [5.41, 5.74) is 3.22. The minimum absolute atomic E-state index is 0.00150. The lowest BCUT2D eigenvalue weighted by Gasteiger charge is -2.36. The van der Waals surface area contributed by atoms with E-state index >= 15 is 0 Å². The molecule has 7 nitrogen and oxygen atoms in total. The van der Waals surface area contributed by atoms with Gasteiger partial charge in [0.15, 0.2) is 0 Å². The van der Waals surface area contributed by atoms with Crippen molar-refractivity contribution in [3.8, 4) is 0 Å². The van der Waals surface area contributed by atoms with Gasteiger partial charge in [-0.15, -0.1) is 13.2 Å². The Kier molecular flexibility index (Phi) is 11.5. The molecular weight excluding hydrogens is 492 g/mol. The summed E-state index contributed by atoms with van der Waals surface area (Å²) < 4.78 is 5.54. The fourth-order valence-corrected chi connectivity index (χ4v) is 4.94. The van der Waals surface area contributed by atoms with E-state index in [0.29, 0.717) is 32.2 Å². The van der Waals surface area contributed by atoms with Crippen LogP contribution in [0.3, 0.4) is 0 Å². The normalized spacial score (nSPS) is 16.8. The van der Waals surface area contributed by atoms with Crippen molar-refractivity contribution in [2.75, 3.05) is 13.2 Å². The van der Waals surface area contributed by atoms with Crippen molar-refractivity contribution in [2.45, 2.75) is 57.7 Å². The zero-order valence-corrected chi connectivity index (χ0v) is 22.8. The van der Waals surface area contributed by atoms with E-state index < -0.39 is 12.0 Å². The highest BCUT2D eigenvalue weighted by Crippen LogP contribution is 2.25. The van der Waals surface area contributed by atoms with Crippen LogP contribution >= 0.6 is 0 Å². The molecule has 2 N–H and O–H groups in total. The summed E-state index contributed by atoms with van der Waals surface area (Å²) >= 11 is 0. The molecule has 0 fully saturated rings. The van der Waals surface area contributed by atoms with Gasteiger partial charge in [-0.1, -0.05) is 66.7 Å². The first-order valence-corrected chi connectivity index (χ1v) is 13.6. The first kappa shape index (κ1) is 29.8. The Balaban J connectivity index is 1.54. The van der Waals surface area contributed by atoms with Gasteiger partial charge in [-0.25, -0.2) is 0 Å². The van der Waals surface area contributed by atoms with E-state index in [2.05, 4.69) is 18.5 Å². The van der Waals surface area contributed by atoms with Crippen molar-refractivity contribution in [2.24, 2.45) is 11.8 Å². The SMILES string of the molecule is C=CCC(CC(=O)N1Cc2ccccc2CC1CO)C(=O)NC(C)COC(=O)C(CC=C)Cc1ccccc1. The van der Waals surface area contributed by atoms with Crippen LogP contribution in [0, 0.1) is 11.8 Å². The number of hydrogen-bond acceptors (Lipinski definition) is 5. The third kappa shape index (κ3) is 8.65. The van der Waals surface area contributed by atoms with Gasteiger partial charge in [0.05, 0.1) is 30.5 Å². The van der Waals surface area contributed by atoms with Gasteiger partial charge >= 0.3 is 5.97 Å². The predicted molar refractivity (Wildman–Crippen MR) is 152 cm³/mol. The van der Waals surface area contributed by atoms with Crippen LogP contribution < -0.4 is 5.32 Å². The molecule has 7 heteroatoms. The molecule has 0 radical (unpaired) electrons. The van der Waals surface area contributed by atoms with E-state index in [1.54, 1.807) is 24.0 Å². The smallest absolute Gasteiger partial charge is 0.309 e. The van der Waals surface area contributed by atoms with Gasteiger partial charge in [-0.05, 0) is 49.3 Å². The molecule has 39 heavy (non-hydrogen) atoms. The fraction of sp³-hybridized carbons (Fsp3) is 0.406. The van der Waals surface area contributed by atoms with Gasteiger partial charge in [0.1, 0.15) is 6.61 Å². The van der Waals surface area contributed by atoms with Gasteiger partial charge in [0.25, 0.3) is 0 Å². The minimum atomic E-state index is -0.615. The number of allylic oxidation sites excluding steroid dienone is 2. The van der Waals surface area contributed by atoms with Gasteiger partial charge in [-0.2, -0.15) is 0 Å². The van der Waals surface area contributed by atoms with E-state index in [0.717, 1.165) is 16.7 Å². The molecule has 0 aliphatic carbocycles. The molecule has 0 spiro atoms. The first-order valence-electron chi connectivity index (χ1n) is 13.6. The maximum atomic E-state index is 13.3. The molecule has 1 aliphatic rings. The summed E-state index contributed by atoms with van der Waals surface area (Å²) in [5.74, 6) is -1.78. The molecule has 208 valence electrons. The van der Waals surface area contributed by atoms with Crippen LogP contribution in [0.25, 0.3) is 0 Å². The van der Waals surface area contributed by atoms with Crippen LogP contribution in [0.5, 0.6) is 0 Å². The topological polar surface area (TPSA) is 95.9 Å². The predicted octanol–water partition coefficient (Wildman–Crippen LogP) is 4.00. The van der Waals surface area contributed by atoms with E-state index in [1.165, 1.54) is 0 Å². The fourth-order valence-electron chi connectivity index (χ4n) is 4.94. The molecule has 3 rings (SSSR count). The number of fused-ring (bicyclic) bond motifs is 1. The number of carbonyl (C=O) groups excluding carboxylic acids is 3. The van der Waals surface area contributed by atoms with Crippen LogP contribution in [-0.4, -0.2) is 53.1 Å². The standard InChI is InChI=1S/C32H40N2O5/c1-4-11-26(19-30(36)34-20-28-16-10-9-15-25(28)18-29(34)21-35)31(37)33-23(3)22-39-32(38)27(12-5-2)17-24-13-7-6-8-14-24/h4-10,13-16,23,26-27,29,35H,1-2,11-12,17-22H2,3H3,(H,33,37). The Hall–Kier alpha value is -3.71. The molecule has 2 aromatic rings. The molecule has 2 aromatic carbocycles. The number of esters is 1. The number of aliphatic hydroxyl groups excluding tert-OH is 1. The van der Waals surface area contributed by atoms with E-state index in [4.69, 9.17) is 4.74 Å². The monoisotopic (exact) mass is 532 g/mol. The molecule has 0 bridgehead atoms. The van der Waals surface area contributed by atoms with Crippen molar-refractivity contribution in [1.82, 2.24) is 10.2 Å². The molecule has 2 amide bonds. The average Bonchev–Trinajstić information content (AvgIpc) is 2.95. The number of nitrogens with zero attached hydrogens (tertiary/aromatic N) is 1. The lowest BCUT2D eigenvalue weighted by atomic mass is 9.92. The van der Waals surface area contributed by atoms with Crippen molar-refractivity contribution in [3.63, 3.8) is 0 Å². The number of benzene rings is 2. The molecular formula is C32H40N2O5. The summed E-state index contributed by atoms with van der Waals surface area (Å²) in [4.78, 5) is 40.8. The molecule has 1 aliphatic heterocycles. The Morgan fingerprint density at radius 1 is 1.03 bits per heavy atom. The third-order valence-corrected chi connectivity index (χ3v) is 7.10. The van der Waals surface area contributed by atoms with Crippen molar-refractivity contribution < 1.29 is 24.2 Å². The van der Waals surface area contributed by atoms with Crippen LogP contribution in [0.2, 0.25) is 0 Å². The second-order valence-corrected chi connectivity index (χ2v) is 10.2. The second-order valence-electron chi connectivity index (χ2n) is 10.2. The number of carbonyl (C=O) groups is 3. The van der Waals surface area contributed by atoms with E-state index in [1.807, 2.05) is 54.6 Å². The summed E-state index contributed by atoms with van der Waals surface area (Å²) in [6.07, 6.45) is 5.29. The van der Waals surface area contributed by atoms with Crippen molar-refractivity contribution >= 4 is 17.8 Å². The van der Waals surface area contributed by atoms with Crippen molar-refractivity contribution in [1.29, 1.82) is 0 Å². The number of hydrogen-bond donors (Lipinski definition) is 2. The highest BCUT2D eigenvalue weighted by molar-refractivity contribution is 5.86. The lowest BCUT2D eigenvalue weighted by molar-refractivity contribution is -0.149. The molecule has 1 heterocycles. The van der Waals surface area contributed by atoms with Crippen molar-refractivity contribution in [3.05, 3.63) is 96.6 Å². The van der Waals surface area contributed by atoms with Crippen LogP contribution in [-0.2, 0) is 38.5 Å². The molecule has 0 saturated heterocycles. The Bertz CT molecular complexity index is 1130. The van der Waals surface area contributed by atoms with Gasteiger partial charge in [0, 0.05) is 13.0 Å². The van der Waals surface area contributed by atoms with Crippen LogP contribution in [0.4, 0.5) is 0 Å². The molecule has 0 aromatic heterocycles. The van der Waals surface area contributed by atoms with E-state index in [9.17, 15) is 19.5 Å². The Labute approximate surface area is 231 Å². The maximum absolute atomic E-state index is 13.3. The number of rotatable bonds is 14. The summed E-state index contributed by atoms with van der Waals surface area (Å²) in [6.45, 7) is 9.56. The second kappa shape index (κ2) is 15.0. The minimum Gasteiger partial charge on any atom is -0.463 e. The molecule has 4 atom stereocenters. The highest BCUT2D eigenvalue weighted by atomic mass is 16.5. The summed E-state index contributed by atoms with van der Waals surface area (Å²) in [6, 6.07) is 16.9. The first-order chi connectivity index (χ1) is 18.9. The molecule has 4 unspecified atom stereocenters. The lowest BCUT2D eigenvalue weighted by Crippen LogP contribution is -2.48. The van der Waals surface area contributed by atoms with Gasteiger partial charge in [-0.3, -0.25) is 14.4 Å². The highest BCUT2D eigenvalue weighted by Gasteiger charge is 2.32. The largest absolute Gasteiger partial charge is 0.463 e. The Morgan fingerprint density at radius 2 is 1.67 bits per heavy atom. The van der Waals surface area contributed by atoms with E-state index in [-0.39, 0.29) is 49.4 Å². The average molecular weight is 533 g/mol. The Morgan fingerprint density at radius 3 is 2.33 bits per heavy atom. The van der Waals surface area contributed by atoms with Gasteiger partial charge < -0.3 is 20.1 Å². The zero-order chi connectivity index (χ0) is 28.2. The van der Waals surface area contributed by atoms with Crippen LogP contribution in [0.15, 0.2) is 79.9 Å². The number of nitrogens with one attached hydrogen (secondary N) is 1. The number of amides is 2. The van der Waals surface area contributed by atoms with Gasteiger partial charge in [0.2, 0.25) is 11.8 Å². The number of ether oxygens (including phenoxy) is 1. The van der Waals surface area contributed by atoms with Crippen LogP contribution in [0.1, 0.15) is 42.9 Å².